The summed E-state index contributed by atoms with van der Waals surface area (Å²) in [6.07, 6.45) is 0. The van der Waals surface area contributed by atoms with Crippen molar-refractivity contribution in [2.24, 2.45) is 0 Å². The van der Waals surface area contributed by atoms with E-state index in [9.17, 15) is 4.79 Å². The zero-order valence-electron chi connectivity index (χ0n) is 15.7. The summed E-state index contributed by atoms with van der Waals surface area (Å²) in [4.78, 5) is 12.2. The third-order valence-electron chi connectivity index (χ3n) is 3.75. The number of rotatable bonds is 7. The normalized spacial score (nSPS) is 10.4. The molecule has 0 aliphatic rings. The molecule has 1 heterocycles. The van der Waals surface area contributed by atoms with Crippen LogP contribution in [-0.4, -0.2) is 30.4 Å². The molecule has 2 aromatic carbocycles. The molecule has 0 saturated carbocycles. The molecule has 28 heavy (non-hydrogen) atoms. The van der Waals surface area contributed by atoms with Gasteiger partial charge >= 0.3 is 6.03 Å². The number of nitrogens with one attached hydrogen (secondary N) is 2. The fourth-order valence-corrected chi connectivity index (χ4v) is 4.02. The van der Waals surface area contributed by atoms with Gasteiger partial charge in [-0.1, -0.05) is 52.9 Å². The number of carbonyl (C=O) groups excluding carboxylic acids is 1. The molecule has 0 atom stereocenters. The fourth-order valence-electron chi connectivity index (χ4n) is 2.32. The molecular formula is C19H20N4O3S2. The quantitative estimate of drug-likeness (QED) is 0.425. The highest BCUT2D eigenvalue weighted by molar-refractivity contribution is 8.00. The topological polar surface area (TPSA) is 85.4 Å². The predicted octanol–water partition coefficient (Wildman–Crippen LogP) is 4.80. The van der Waals surface area contributed by atoms with Gasteiger partial charge in [-0.3, -0.25) is 5.32 Å². The van der Waals surface area contributed by atoms with Crippen molar-refractivity contribution in [3.05, 3.63) is 53.6 Å². The Bertz CT molecular complexity index is 945. The molecular weight excluding hydrogens is 396 g/mol. The van der Waals surface area contributed by atoms with Crippen molar-refractivity contribution in [1.29, 1.82) is 0 Å². The molecule has 0 fully saturated rings. The van der Waals surface area contributed by atoms with E-state index in [1.807, 2.05) is 0 Å². The summed E-state index contributed by atoms with van der Waals surface area (Å²) < 4.78 is 11.2. The van der Waals surface area contributed by atoms with E-state index in [4.69, 9.17) is 9.47 Å². The Kier molecular flexibility index (Phi) is 6.72. The van der Waals surface area contributed by atoms with Crippen molar-refractivity contribution < 1.29 is 14.3 Å². The van der Waals surface area contributed by atoms with Crippen LogP contribution < -0.4 is 20.1 Å². The molecule has 9 heteroatoms. The Morgan fingerprint density at radius 2 is 1.79 bits per heavy atom. The number of urea groups is 1. The first-order valence-corrected chi connectivity index (χ1v) is 10.2. The smallest absolute Gasteiger partial charge is 0.325 e. The number of aromatic nitrogens is 2. The van der Waals surface area contributed by atoms with Crippen LogP contribution in [0.5, 0.6) is 11.5 Å². The van der Waals surface area contributed by atoms with E-state index >= 15 is 0 Å². The molecule has 0 radical (unpaired) electrons. The Balaban J connectivity index is 1.54. The summed E-state index contributed by atoms with van der Waals surface area (Å²) in [5.41, 5.74) is 3.02. The minimum absolute atomic E-state index is 0.404. The monoisotopic (exact) mass is 416 g/mol. The zero-order chi connectivity index (χ0) is 19.9. The van der Waals surface area contributed by atoms with Crippen LogP contribution in [0.1, 0.15) is 11.1 Å². The van der Waals surface area contributed by atoms with Crippen LogP contribution >= 0.6 is 23.1 Å². The molecule has 0 aliphatic heterocycles. The van der Waals surface area contributed by atoms with Crippen LogP contribution in [0.3, 0.4) is 0 Å². The average Bonchev–Trinajstić information content (AvgIpc) is 3.14. The summed E-state index contributed by atoms with van der Waals surface area (Å²) >= 11 is 2.92. The zero-order valence-corrected chi connectivity index (χ0v) is 17.3. The van der Waals surface area contributed by atoms with E-state index in [0.717, 1.165) is 10.1 Å². The van der Waals surface area contributed by atoms with Crippen molar-refractivity contribution in [2.45, 2.75) is 17.0 Å². The van der Waals surface area contributed by atoms with Gasteiger partial charge in [-0.15, -0.1) is 10.2 Å². The maximum atomic E-state index is 12.2. The second-order valence-corrected chi connectivity index (χ2v) is 8.00. The lowest BCUT2D eigenvalue weighted by atomic mass is 10.2. The summed E-state index contributed by atoms with van der Waals surface area (Å²) in [6.45, 7) is 2.06. The van der Waals surface area contributed by atoms with Crippen molar-refractivity contribution in [3.8, 4) is 11.5 Å². The SMILES string of the molecule is COc1ccc(NC(=O)Nc2nnc(SCc3ccc(C)cc3)s2)cc1OC. The number of amides is 2. The van der Waals surface area contributed by atoms with Crippen LogP contribution in [0.25, 0.3) is 0 Å². The number of hydrogen-bond donors (Lipinski definition) is 2. The number of ether oxygens (including phenoxy) is 2. The fraction of sp³-hybridized carbons (Fsp3) is 0.211. The van der Waals surface area contributed by atoms with E-state index in [0.29, 0.717) is 22.3 Å². The average molecular weight is 417 g/mol. The van der Waals surface area contributed by atoms with Gasteiger partial charge < -0.3 is 14.8 Å². The molecule has 0 unspecified atom stereocenters. The van der Waals surface area contributed by atoms with E-state index < -0.39 is 6.03 Å². The highest BCUT2D eigenvalue weighted by Gasteiger charge is 2.11. The highest BCUT2D eigenvalue weighted by Crippen LogP contribution is 2.30. The van der Waals surface area contributed by atoms with Crippen LogP contribution in [0.2, 0.25) is 0 Å². The van der Waals surface area contributed by atoms with Crippen LogP contribution in [0.15, 0.2) is 46.8 Å². The lowest BCUT2D eigenvalue weighted by Gasteiger charge is -2.10. The minimum Gasteiger partial charge on any atom is -0.493 e. The number of hydrogen-bond acceptors (Lipinski definition) is 7. The van der Waals surface area contributed by atoms with Gasteiger partial charge in [0.25, 0.3) is 0 Å². The molecule has 0 spiro atoms. The molecule has 7 nitrogen and oxygen atoms in total. The second-order valence-electron chi connectivity index (χ2n) is 5.80. The van der Waals surface area contributed by atoms with Gasteiger partial charge in [0.1, 0.15) is 0 Å². The first-order valence-electron chi connectivity index (χ1n) is 8.39. The molecule has 2 amide bonds. The summed E-state index contributed by atoms with van der Waals surface area (Å²) in [5.74, 6) is 1.92. The molecule has 1 aromatic heterocycles. The number of thioether (sulfide) groups is 1. The standard InChI is InChI=1S/C19H20N4O3S2/c1-12-4-6-13(7-5-12)11-27-19-23-22-18(28-19)21-17(24)20-14-8-9-15(25-2)16(10-14)26-3/h4-10H,11H2,1-3H3,(H2,20,21,22,24). The van der Waals surface area contributed by atoms with Gasteiger partial charge in [0.05, 0.1) is 14.2 Å². The van der Waals surface area contributed by atoms with Crippen molar-refractivity contribution in [3.63, 3.8) is 0 Å². The summed E-state index contributed by atoms with van der Waals surface area (Å²) in [6, 6.07) is 13.1. The van der Waals surface area contributed by atoms with Gasteiger partial charge in [0, 0.05) is 17.5 Å². The second kappa shape index (κ2) is 9.43. The van der Waals surface area contributed by atoms with Crippen LogP contribution in [0.4, 0.5) is 15.6 Å². The number of anilines is 2. The first-order chi connectivity index (χ1) is 13.6. The van der Waals surface area contributed by atoms with E-state index in [2.05, 4.69) is 52.0 Å². The first kappa shape index (κ1) is 20.0. The predicted molar refractivity (Wildman–Crippen MR) is 113 cm³/mol. The molecule has 3 rings (SSSR count). The Hall–Kier alpha value is -2.78. The number of aryl methyl sites for hydroxylation is 1. The molecule has 146 valence electrons. The Morgan fingerprint density at radius 3 is 2.50 bits per heavy atom. The number of carbonyl (C=O) groups is 1. The summed E-state index contributed by atoms with van der Waals surface area (Å²) in [5, 5.41) is 14.0. The third-order valence-corrected chi connectivity index (χ3v) is 5.79. The van der Waals surface area contributed by atoms with Gasteiger partial charge in [-0.2, -0.15) is 0 Å². The maximum Gasteiger partial charge on any atom is 0.325 e. The largest absolute Gasteiger partial charge is 0.493 e. The molecule has 0 aliphatic carbocycles. The number of methoxy groups -OCH3 is 2. The maximum absolute atomic E-state index is 12.2. The van der Waals surface area contributed by atoms with Crippen LogP contribution in [0, 0.1) is 6.92 Å². The van der Waals surface area contributed by atoms with E-state index in [1.165, 1.54) is 22.5 Å². The lowest BCUT2D eigenvalue weighted by Crippen LogP contribution is -2.19. The molecule has 3 aromatic rings. The third kappa shape index (κ3) is 5.37. The highest BCUT2D eigenvalue weighted by atomic mass is 32.2. The Morgan fingerprint density at radius 1 is 1.04 bits per heavy atom. The minimum atomic E-state index is -0.404. The van der Waals surface area contributed by atoms with Gasteiger partial charge in [-0.05, 0) is 24.6 Å². The van der Waals surface area contributed by atoms with Crippen molar-refractivity contribution in [1.82, 2.24) is 10.2 Å². The van der Waals surface area contributed by atoms with Gasteiger partial charge in [0.2, 0.25) is 5.13 Å². The number of nitrogens with zero attached hydrogens (tertiary/aromatic N) is 2. The van der Waals surface area contributed by atoms with E-state index in [-0.39, 0.29) is 0 Å². The van der Waals surface area contributed by atoms with Crippen LogP contribution in [-0.2, 0) is 5.75 Å². The number of benzene rings is 2. The van der Waals surface area contributed by atoms with Gasteiger partial charge in [-0.25, -0.2) is 4.79 Å². The van der Waals surface area contributed by atoms with Gasteiger partial charge in [0.15, 0.2) is 15.8 Å². The van der Waals surface area contributed by atoms with Crippen molar-refractivity contribution >= 4 is 39.9 Å². The summed E-state index contributed by atoms with van der Waals surface area (Å²) in [7, 11) is 3.10. The van der Waals surface area contributed by atoms with Crippen molar-refractivity contribution in [2.75, 3.05) is 24.9 Å². The Labute approximate surface area is 171 Å². The molecule has 0 bridgehead atoms. The van der Waals surface area contributed by atoms with E-state index in [1.54, 1.807) is 44.2 Å². The molecule has 0 saturated heterocycles. The molecule has 2 N–H and O–H groups in total. The lowest BCUT2D eigenvalue weighted by molar-refractivity contribution is 0.262.